The van der Waals surface area contributed by atoms with Gasteiger partial charge in [0, 0.05) is 16.6 Å². The lowest BCUT2D eigenvalue weighted by molar-refractivity contribution is -0.122. The second-order valence-electron chi connectivity index (χ2n) is 5.05. The molecular formula is C15H15ClN2O2S. The first-order valence-corrected chi connectivity index (χ1v) is 8.12. The molecule has 0 aliphatic carbocycles. The summed E-state index contributed by atoms with van der Waals surface area (Å²) in [6.45, 7) is 0.675. The van der Waals surface area contributed by atoms with Gasteiger partial charge in [-0.2, -0.15) is 0 Å². The topological polar surface area (TPSA) is 58.2 Å². The van der Waals surface area contributed by atoms with Crippen molar-refractivity contribution in [1.82, 2.24) is 10.6 Å². The van der Waals surface area contributed by atoms with E-state index in [0.29, 0.717) is 22.9 Å². The van der Waals surface area contributed by atoms with Gasteiger partial charge in [0.15, 0.2) is 0 Å². The summed E-state index contributed by atoms with van der Waals surface area (Å²) >= 11 is 7.64. The standard InChI is InChI=1S/C15H15ClN2O2S/c16-12-9-5-1-2-7-11(9)21-13(12)15(20)18-10-6-3-4-8-17-14(10)19/h1-2,5,7,10H,3-4,6,8H2,(H,17,19)(H,18,20)/t10-/m0/s1. The van der Waals surface area contributed by atoms with E-state index in [1.54, 1.807) is 0 Å². The first-order chi connectivity index (χ1) is 10.2. The predicted molar refractivity (Wildman–Crippen MR) is 84.9 cm³/mol. The van der Waals surface area contributed by atoms with Crippen molar-refractivity contribution < 1.29 is 9.59 Å². The van der Waals surface area contributed by atoms with E-state index in [9.17, 15) is 9.59 Å². The van der Waals surface area contributed by atoms with E-state index in [2.05, 4.69) is 10.6 Å². The first-order valence-electron chi connectivity index (χ1n) is 6.92. The lowest BCUT2D eigenvalue weighted by atomic mass is 10.1. The number of hydrogen-bond acceptors (Lipinski definition) is 3. The summed E-state index contributed by atoms with van der Waals surface area (Å²) in [7, 11) is 0. The number of rotatable bonds is 2. The maximum atomic E-state index is 12.4. The third-order valence-corrected chi connectivity index (χ3v) is 5.26. The van der Waals surface area contributed by atoms with Gasteiger partial charge >= 0.3 is 0 Å². The monoisotopic (exact) mass is 322 g/mol. The summed E-state index contributed by atoms with van der Waals surface area (Å²) in [5.41, 5.74) is 0. The van der Waals surface area contributed by atoms with Gasteiger partial charge in [-0.25, -0.2) is 0 Å². The average molecular weight is 323 g/mol. The number of carbonyl (C=O) groups is 2. The van der Waals surface area contributed by atoms with Crippen molar-refractivity contribution in [1.29, 1.82) is 0 Å². The summed E-state index contributed by atoms with van der Waals surface area (Å²) < 4.78 is 0.970. The van der Waals surface area contributed by atoms with Gasteiger partial charge in [0.05, 0.1) is 5.02 Å². The van der Waals surface area contributed by atoms with Crippen LogP contribution in [-0.2, 0) is 4.79 Å². The molecule has 6 heteroatoms. The van der Waals surface area contributed by atoms with E-state index < -0.39 is 6.04 Å². The molecule has 4 nitrogen and oxygen atoms in total. The fourth-order valence-corrected chi connectivity index (χ4v) is 3.88. The zero-order chi connectivity index (χ0) is 14.8. The van der Waals surface area contributed by atoms with Gasteiger partial charge in [0.1, 0.15) is 10.9 Å². The van der Waals surface area contributed by atoms with Crippen molar-refractivity contribution in [2.75, 3.05) is 6.54 Å². The Hall–Kier alpha value is -1.59. The van der Waals surface area contributed by atoms with Crippen molar-refractivity contribution in [3.8, 4) is 0 Å². The van der Waals surface area contributed by atoms with Crippen LogP contribution in [0.2, 0.25) is 5.02 Å². The van der Waals surface area contributed by atoms with Crippen LogP contribution in [0.5, 0.6) is 0 Å². The molecule has 0 saturated carbocycles. The van der Waals surface area contributed by atoms with Crippen molar-refractivity contribution in [3.63, 3.8) is 0 Å². The van der Waals surface area contributed by atoms with Crippen LogP contribution < -0.4 is 10.6 Å². The highest BCUT2D eigenvalue weighted by atomic mass is 35.5. The van der Waals surface area contributed by atoms with Crippen molar-refractivity contribution in [2.24, 2.45) is 0 Å². The number of halogens is 1. The van der Waals surface area contributed by atoms with Crippen LogP contribution >= 0.6 is 22.9 Å². The molecule has 110 valence electrons. The zero-order valence-electron chi connectivity index (χ0n) is 11.3. The lowest BCUT2D eigenvalue weighted by Gasteiger charge is -2.14. The van der Waals surface area contributed by atoms with Crippen LogP contribution in [0.3, 0.4) is 0 Å². The largest absolute Gasteiger partial charge is 0.354 e. The number of amides is 2. The molecule has 2 N–H and O–H groups in total. The Morgan fingerprint density at radius 2 is 2.14 bits per heavy atom. The number of benzene rings is 1. The fourth-order valence-electron chi connectivity index (χ4n) is 2.46. The summed E-state index contributed by atoms with van der Waals surface area (Å²) in [5.74, 6) is -0.388. The molecule has 0 radical (unpaired) electrons. The number of carbonyl (C=O) groups excluding carboxylic acids is 2. The molecule has 1 aromatic heterocycles. The van der Waals surface area contributed by atoms with E-state index in [4.69, 9.17) is 11.6 Å². The quantitative estimate of drug-likeness (QED) is 0.893. The molecule has 0 unspecified atom stereocenters. The molecule has 21 heavy (non-hydrogen) atoms. The second-order valence-corrected chi connectivity index (χ2v) is 6.48. The molecule has 2 aromatic rings. The van der Waals surface area contributed by atoms with Crippen LogP contribution in [0, 0.1) is 0 Å². The molecule has 2 heterocycles. The van der Waals surface area contributed by atoms with Crippen LogP contribution in [0.4, 0.5) is 0 Å². The number of hydrogen-bond donors (Lipinski definition) is 2. The second kappa shape index (κ2) is 6.03. The first kappa shape index (κ1) is 14.4. The normalized spacial score (nSPS) is 19.1. The van der Waals surface area contributed by atoms with Crippen LogP contribution in [-0.4, -0.2) is 24.4 Å². The van der Waals surface area contributed by atoms with Crippen LogP contribution in [0.25, 0.3) is 10.1 Å². The highest BCUT2D eigenvalue weighted by molar-refractivity contribution is 7.21. The van der Waals surface area contributed by atoms with E-state index in [0.717, 1.165) is 22.9 Å². The molecule has 3 rings (SSSR count). The van der Waals surface area contributed by atoms with Crippen molar-refractivity contribution >= 4 is 44.8 Å². The molecule has 0 spiro atoms. The average Bonchev–Trinajstić information content (AvgIpc) is 2.69. The Morgan fingerprint density at radius 3 is 2.95 bits per heavy atom. The minimum Gasteiger partial charge on any atom is -0.354 e. The van der Waals surface area contributed by atoms with Gasteiger partial charge in [-0.1, -0.05) is 29.8 Å². The maximum Gasteiger partial charge on any atom is 0.263 e. The minimum absolute atomic E-state index is 0.113. The summed E-state index contributed by atoms with van der Waals surface area (Å²) in [4.78, 5) is 24.7. The SMILES string of the molecule is O=C(N[C@H]1CCCCNC1=O)c1sc2ccccc2c1Cl. The van der Waals surface area contributed by atoms with Crippen molar-refractivity contribution in [3.05, 3.63) is 34.2 Å². The van der Waals surface area contributed by atoms with Gasteiger partial charge in [0.2, 0.25) is 5.91 Å². The van der Waals surface area contributed by atoms with Gasteiger partial charge < -0.3 is 10.6 Å². The highest BCUT2D eigenvalue weighted by Gasteiger charge is 2.25. The summed E-state index contributed by atoms with van der Waals surface area (Å²) in [6, 6.07) is 7.16. The van der Waals surface area contributed by atoms with E-state index in [-0.39, 0.29) is 11.8 Å². The molecule has 1 saturated heterocycles. The number of fused-ring (bicyclic) bond motifs is 1. The Bertz CT molecular complexity index is 698. The third-order valence-electron chi connectivity index (χ3n) is 3.58. The third kappa shape index (κ3) is 2.89. The molecular weight excluding hydrogens is 308 g/mol. The zero-order valence-corrected chi connectivity index (χ0v) is 12.9. The molecule has 1 aliphatic heterocycles. The Labute approximate surface area is 131 Å². The van der Waals surface area contributed by atoms with Gasteiger partial charge in [0.25, 0.3) is 5.91 Å². The molecule has 0 bridgehead atoms. The van der Waals surface area contributed by atoms with Gasteiger partial charge in [-0.05, 0) is 25.3 Å². The van der Waals surface area contributed by atoms with Gasteiger partial charge in [-0.15, -0.1) is 11.3 Å². The molecule has 1 atom stereocenters. The van der Waals surface area contributed by atoms with Crippen molar-refractivity contribution in [2.45, 2.75) is 25.3 Å². The lowest BCUT2D eigenvalue weighted by Crippen LogP contribution is -2.45. The van der Waals surface area contributed by atoms with Crippen LogP contribution in [0.1, 0.15) is 28.9 Å². The molecule has 1 fully saturated rings. The van der Waals surface area contributed by atoms with E-state index >= 15 is 0 Å². The minimum atomic E-state index is -0.471. The number of thiophene rings is 1. The molecule has 1 aliphatic rings. The summed E-state index contributed by atoms with van der Waals surface area (Å²) in [5, 5.41) is 6.95. The Morgan fingerprint density at radius 1 is 1.33 bits per heavy atom. The molecule has 2 amide bonds. The Kier molecular flexibility index (Phi) is 4.12. The predicted octanol–water partition coefficient (Wildman–Crippen LogP) is 2.95. The Balaban J connectivity index is 1.83. The maximum absolute atomic E-state index is 12.4. The summed E-state index contributed by atoms with van der Waals surface area (Å²) in [6.07, 6.45) is 2.53. The highest BCUT2D eigenvalue weighted by Crippen LogP contribution is 2.35. The van der Waals surface area contributed by atoms with E-state index in [1.807, 2.05) is 24.3 Å². The van der Waals surface area contributed by atoms with Gasteiger partial charge in [-0.3, -0.25) is 9.59 Å². The van der Waals surface area contributed by atoms with Crippen LogP contribution in [0.15, 0.2) is 24.3 Å². The molecule has 1 aromatic carbocycles. The smallest absolute Gasteiger partial charge is 0.263 e. The fraction of sp³-hybridized carbons (Fsp3) is 0.333. The van der Waals surface area contributed by atoms with E-state index in [1.165, 1.54) is 11.3 Å². The number of nitrogens with one attached hydrogen (secondary N) is 2.